The van der Waals surface area contributed by atoms with Gasteiger partial charge in [-0.1, -0.05) is 25.1 Å². The zero-order valence-electron chi connectivity index (χ0n) is 8.77. The zero-order valence-corrected chi connectivity index (χ0v) is 11.3. The molecule has 0 heterocycles. The Balaban J connectivity index is 2.89. The smallest absolute Gasteiger partial charge is 0.147 e. The highest BCUT2D eigenvalue weighted by atomic mass is 35.7. The lowest BCUT2D eigenvalue weighted by molar-refractivity contribution is 0.848. The average Bonchev–Trinajstić information content (AvgIpc) is 2.08. The first-order valence-corrected chi connectivity index (χ1v) is 8.48. The van der Waals surface area contributed by atoms with E-state index < -0.39 is 7.42 Å². The second-order valence-corrected chi connectivity index (χ2v) is 8.14. The van der Waals surface area contributed by atoms with Crippen LogP contribution in [0.1, 0.15) is 29.5 Å². The summed E-state index contributed by atoms with van der Waals surface area (Å²) in [4.78, 5) is 0. The molecule has 0 saturated heterocycles. The molecule has 0 aromatic heterocycles. The zero-order chi connectivity index (χ0) is 10.7. The van der Waals surface area contributed by atoms with Gasteiger partial charge in [-0.2, -0.15) is 0 Å². The molecule has 0 saturated carbocycles. The summed E-state index contributed by atoms with van der Waals surface area (Å²) in [6, 6.07) is 7.32. The van der Waals surface area contributed by atoms with E-state index in [-0.39, 0.29) is 0 Å². The highest BCUT2D eigenvalue weighted by Crippen LogP contribution is 2.27. The van der Waals surface area contributed by atoms with Crippen LogP contribution in [0.3, 0.4) is 0 Å². The second-order valence-electron chi connectivity index (χ2n) is 3.73. The second kappa shape index (κ2) is 5.20. The van der Waals surface area contributed by atoms with Gasteiger partial charge in [0.2, 0.25) is 0 Å². The van der Waals surface area contributed by atoms with Crippen LogP contribution in [-0.4, -0.2) is 7.42 Å². The Bertz CT molecular complexity index is 310. The van der Waals surface area contributed by atoms with Gasteiger partial charge in [0.25, 0.3) is 7.42 Å². The first-order chi connectivity index (χ1) is 6.52. The van der Waals surface area contributed by atoms with Crippen molar-refractivity contribution in [1.82, 2.24) is 0 Å². The maximum atomic E-state index is 5.88. The van der Waals surface area contributed by atoms with Gasteiger partial charge in [0.1, 0.15) is 0 Å². The number of benzene rings is 1. The predicted molar refractivity (Wildman–Crippen MR) is 66.6 cm³/mol. The van der Waals surface area contributed by atoms with Gasteiger partial charge in [-0.15, -0.1) is 22.2 Å². The van der Waals surface area contributed by atoms with E-state index in [0.29, 0.717) is 5.92 Å². The molecule has 0 aliphatic heterocycles. The Kier molecular flexibility index (Phi) is 4.49. The number of aryl methyl sites for hydroxylation is 1. The Morgan fingerprint density at radius 3 is 2.50 bits per heavy atom. The third-order valence-electron chi connectivity index (χ3n) is 2.64. The molecule has 1 unspecified atom stereocenters. The molecule has 14 heavy (non-hydrogen) atoms. The van der Waals surface area contributed by atoms with E-state index in [1.807, 2.05) is 0 Å². The summed E-state index contributed by atoms with van der Waals surface area (Å²) < 4.78 is 0. The normalized spacial score (nSPS) is 13.3. The molecule has 0 fully saturated rings. The largest absolute Gasteiger partial charge is 0.274 e. The van der Waals surface area contributed by atoms with Crippen molar-refractivity contribution >= 4 is 29.6 Å². The van der Waals surface area contributed by atoms with Crippen LogP contribution in [0.4, 0.5) is 0 Å². The predicted octanol–water partition coefficient (Wildman–Crippen LogP) is 4.37. The minimum atomic E-state index is -1.17. The van der Waals surface area contributed by atoms with Crippen LogP contribution in [0.15, 0.2) is 18.2 Å². The van der Waals surface area contributed by atoms with E-state index >= 15 is 0 Å². The summed E-state index contributed by atoms with van der Waals surface area (Å²) in [5, 5.41) is 0. The molecular weight excluding hydrogens is 231 g/mol. The summed E-state index contributed by atoms with van der Waals surface area (Å²) in [6.07, 6.45) is 0. The van der Waals surface area contributed by atoms with E-state index in [9.17, 15) is 0 Å². The number of hydrogen-bond acceptors (Lipinski definition) is 0. The highest BCUT2D eigenvalue weighted by molar-refractivity contribution is 7.33. The quantitative estimate of drug-likeness (QED) is 0.548. The van der Waals surface area contributed by atoms with Gasteiger partial charge in [0.05, 0.1) is 0 Å². The van der Waals surface area contributed by atoms with Crippen molar-refractivity contribution in [3.05, 3.63) is 34.9 Å². The molecule has 77 valence electrons. The van der Waals surface area contributed by atoms with Crippen LogP contribution in [0.2, 0.25) is 6.04 Å². The Hall–Kier alpha value is 0.0169. The van der Waals surface area contributed by atoms with Gasteiger partial charge < -0.3 is 0 Å². The van der Waals surface area contributed by atoms with Crippen LogP contribution in [0, 0.1) is 13.8 Å². The Morgan fingerprint density at radius 1 is 1.29 bits per heavy atom. The fourth-order valence-corrected chi connectivity index (χ4v) is 3.72. The van der Waals surface area contributed by atoms with Gasteiger partial charge in [-0.25, -0.2) is 0 Å². The van der Waals surface area contributed by atoms with E-state index in [2.05, 4.69) is 39.0 Å². The monoisotopic (exact) mass is 245 g/mol. The summed E-state index contributed by atoms with van der Waals surface area (Å²) in [5.74, 6) is 0.471. The molecule has 0 aliphatic carbocycles. The van der Waals surface area contributed by atoms with Gasteiger partial charge in [0.15, 0.2) is 0 Å². The standard InChI is InChI=1S/C11H15Cl2Si/c1-8-5-4-6-11(10(8)3)9(2)7-14(12)13/h4-6,9H,7H2,1-3H3. The fourth-order valence-electron chi connectivity index (χ4n) is 1.65. The lowest BCUT2D eigenvalue weighted by atomic mass is 9.95. The van der Waals surface area contributed by atoms with Crippen LogP contribution in [0.5, 0.6) is 0 Å². The lowest BCUT2D eigenvalue weighted by Gasteiger charge is -2.15. The topological polar surface area (TPSA) is 0 Å². The molecule has 1 aromatic carbocycles. The number of halogens is 2. The van der Waals surface area contributed by atoms with Gasteiger partial charge >= 0.3 is 0 Å². The molecule has 0 aliphatic rings. The van der Waals surface area contributed by atoms with Crippen molar-refractivity contribution in [2.45, 2.75) is 32.7 Å². The minimum Gasteiger partial charge on any atom is -0.147 e. The third kappa shape index (κ3) is 3.01. The first-order valence-electron chi connectivity index (χ1n) is 4.75. The molecule has 1 radical (unpaired) electrons. The van der Waals surface area contributed by atoms with Gasteiger partial charge in [0, 0.05) is 0 Å². The van der Waals surface area contributed by atoms with Crippen molar-refractivity contribution in [3.63, 3.8) is 0 Å². The van der Waals surface area contributed by atoms with Crippen molar-refractivity contribution in [3.8, 4) is 0 Å². The summed E-state index contributed by atoms with van der Waals surface area (Å²) >= 11 is 11.8. The first kappa shape index (κ1) is 12.1. The minimum absolute atomic E-state index is 0.471. The van der Waals surface area contributed by atoms with Crippen LogP contribution in [-0.2, 0) is 0 Å². The van der Waals surface area contributed by atoms with Crippen LogP contribution >= 0.6 is 22.2 Å². The maximum absolute atomic E-state index is 5.88. The average molecular weight is 246 g/mol. The Morgan fingerprint density at radius 2 is 1.93 bits per heavy atom. The number of rotatable bonds is 3. The van der Waals surface area contributed by atoms with E-state index in [1.54, 1.807) is 0 Å². The molecule has 0 bridgehead atoms. The van der Waals surface area contributed by atoms with Gasteiger partial charge in [-0.3, -0.25) is 0 Å². The van der Waals surface area contributed by atoms with Crippen LogP contribution < -0.4 is 0 Å². The SMILES string of the molecule is Cc1cccc(C(C)C[Si](Cl)Cl)c1C. The van der Waals surface area contributed by atoms with E-state index in [1.165, 1.54) is 16.7 Å². The van der Waals surface area contributed by atoms with Crippen molar-refractivity contribution in [2.75, 3.05) is 0 Å². The molecule has 0 amide bonds. The van der Waals surface area contributed by atoms with Crippen molar-refractivity contribution in [2.24, 2.45) is 0 Å². The number of hydrogen-bond donors (Lipinski definition) is 0. The summed E-state index contributed by atoms with van der Waals surface area (Å²) in [6.45, 7) is 6.49. The highest BCUT2D eigenvalue weighted by Gasteiger charge is 2.14. The molecule has 0 spiro atoms. The molecular formula is C11H15Cl2Si. The van der Waals surface area contributed by atoms with Crippen molar-refractivity contribution < 1.29 is 0 Å². The van der Waals surface area contributed by atoms with Crippen molar-refractivity contribution in [1.29, 1.82) is 0 Å². The van der Waals surface area contributed by atoms with Gasteiger partial charge in [-0.05, 0) is 42.5 Å². The molecule has 1 atom stereocenters. The van der Waals surface area contributed by atoms with E-state index in [4.69, 9.17) is 22.2 Å². The summed E-state index contributed by atoms with van der Waals surface area (Å²) in [7, 11) is -1.17. The lowest BCUT2D eigenvalue weighted by Crippen LogP contribution is -2.03. The molecule has 1 aromatic rings. The molecule has 0 nitrogen and oxygen atoms in total. The third-order valence-corrected chi connectivity index (χ3v) is 4.48. The molecule has 3 heteroatoms. The van der Waals surface area contributed by atoms with E-state index in [0.717, 1.165) is 6.04 Å². The molecule has 0 N–H and O–H groups in total. The Labute approximate surface area is 97.3 Å². The fraction of sp³-hybridized carbons (Fsp3) is 0.455. The molecule has 1 rings (SSSR count). The van der Waals surface area contributed by atoms with Crippen LogP contribution in [0.25, 0.3) is 0 Å². The maximum Gasteiger partial charge on any atom is 0.274 e. The summed E-state index contributed by atoms with van der Waals surface area (Å²) in [5.41, 5.74) is 4.10.